The number of halogens is 2. The Hall–Kier alpha value is -2.47. The van der Waals surface area contributed by atoms with Crippen LogP contribution in [0.3, 0.4) is 0 Å². The Morgan fingerprint density at radius 3 is 2.40 bits per heavy atom. The van der Waals surface area contributed by atoms with Crippen LogP contribution in [0.25, 0.3) is 0 Å². The predicted octanol–water partition coefficient (Wildman–Crippen LogP) is 3.32. The van der Waals surface area contributed by atoms with Crippen molar-refractivity contribution in [3.8, 4) is 5.75 Å². The van der Waals surface area contributed by atoms with Crippen molar-refractivity contribution in [2.75, 3.05) is 0 Å². The molecule has 0 spiro atoms. The molecule has 0 bridgehead atoms. The monoisotopic (exact) mass is 295 g/mol. The third kappa shape index (κ3) is 2.60. The molecule has 0 aromatic heterocycles. The minimum Gasteiger partial charge on any atom is -0.502 e. The number of rotatable bonds is 3. The molecule has 1 N–H and O–H groups in total. The predicted molar refractivity (Wildman–Crippen MR) is 69.6 cm³/mol. The van der Waals surface area contributed by atoms with Crippen LogP contribution < -0.4 is 0 Å². The summed E-state index contributed by atoms with van der Waals surface area (Å²) in [5, 5.41) is 20.8. The van der Waals surface area contributed by atoms with E-state index in [4.69, 9.17) is 11.6 Å². The minimum absolute atomic E-state index is 0.129. The highest BCUT2D eigenvalue weighted by molar-refractivity contribution is 6.30. The lowest BCUT2D eigenvalue weighted by Gasteiger charge is -2.05. The first-order valence-electron chi connectivity index (χ1n) is 5.37. The molecule has 0 amide bonds. The van der Waals surface area contributed by atoms with Gasteiger partial charge in [-0.1, -0.05) is 11.6 Å². The Labute approximate surface area is 117 Å². The number of phenols is 1. The van der Waals surface area contributed by atoms with Crippen LogP contribution >= 0.6 is 11.6 Å². The van der Waals surface area contributed by atoms with E-state index in [0.717, 1.165) is 6.07 Å². The van der Waals surface area contributed by atoms with Gasteiger partial charge in [-0.2, -0.15) is 0 Å². The molecule has 20 heavy (non-hydrogen) atoms. The fourth-order valence-corrected chi connectivity index (χ4v) is 1.78. The lowest BCUT2D eigenvalue weighted by molar-refractivity contribution is -0.386. The molecule has 2 rings (SSSR count). The quantitative estimate of drug-likeness (QED) is 0.535. The molecule has 0 unspecified atom stereocenters. The van der Waals surface area contributed by atoms with Crippen molar-refractivity contribution in [3.05, 3.63) is 68.5 Å². The summed E-state index contributed by atoms with van der Waals surface area (Å²) in [7, 11) is 0. The molecule has 0 saturated carbocycles. The lowest BCUT2D eigenvalue weighted by Crippen LogP contribution is -2.04. The van der Waals surface area contributed by atoms with Crippen LogP contribution in [0.1, 0.15) is 15.9 Å². The summed E-state index contributed by atoms with van der Waals surface area (Å²) in [6.45, 7) is 0. The third-order valence-electron chi connectivity index (χ3n) is 2.60. The maximum atomic E-state index is 13.3. The van der Waals surface area contributed by atoms with Gasteiger partial charge in [0.05, 0.1) is 16.6 Å². The van der Waals surface area contributed by atoms with Gasteiger partial charge in [-0.05, 0) is 30.3 Å². The van der Waals surface area contributed by atoms with Crippen LogP contribution in [-0.4, -0.2) is 15.8 Å². The summed E-state index contributed by atoms with van der Waals surface area (Å²) >= 11 is 5.68. The van der Waals surface area contributed by atoms with Gasteiger partial charge in [0.2, 0.25) is 5.75 Å². The minimum atomic E-state index is -0.980. The molecule has 0 saturated heterocycles. The smallest absolute Gasteiger partial charge is 0.314 e. The van der Waals surface area contributed by atoms with Crippen molar-refractivity contribution in [2.24, 2.45) is 0 Å². The number of benzene rings is 2. The van der Waals surface area contributed by atoms with E-state index in [9.17, 15) is 24.4 Å². The summed E-state index contributed by atoms with van der Waals surface area (Å²) in [6.07, 6.45) is 0. The molecule has 0 aliphatic carbocycles. The van der Waals surface area contributed by atoms with Gasteiger partial charge >= 0.3 is 5.69 Å². The summed E-state index contributed by atoms with van der Waals surface area (Å²) in [5.74, 6) is -2.58. The Balaban J connectivity index is 2.55. The summed E-state index contributed by atoms with van der Waals surface area (Å²) in [5.41, 5.74) is -1.20. The number of nitrogens with zero attached hydrogens (tertiary/aromatic N) is 1. The average Bonchev–Trinajstić information content (AvgIpc) is 2.41. The zero-order valence-electron chi connectivity index (χ0n) is 9.84. The lowest BCUT2D eigenvalue weighted by atomic mass is 10.0. The molecule has 0 aliphatic rings. The van der Waals surface area contributed by atoms with Crippen LogP contribution in [0.15, 0.2) is 36.4 Å². The second-order valence-corrected chi connectivity index (χ2v) is 4.35. The molecular formula is C13H7ClFNO4. The van der Waals surface area contributed by atoms with Crippen molar-refractivity contribution in [3.63, 3.8) is 0 Å². The highest BCUT2D eigenvalue weighted by atomic mass is 35.5. The van der Waals surface area contributed by atoms with Gasteiger partial charge in [0.25, 0.3) is 0 Å². The topological polar surface area (TPSA) is 80.4 Å². The number of carbonyl (C=O) groups is 1. The highest BCUT2D eigenvalue weighted by Crippen LogP contribution is 2.32. The molecule has 0 atom stereocenters. The number of carbonyl (C=O) groups excluding carboxylic acids is 1. The van der Waals surface area contributed by atoms with Crippen LogP contribution in [0.2, 0.25) is 5.02 Å². The molecule has 5 nitrogen and oxygen atoms in total. The first kappa shape index (κ1) is 14.0. The van der Waals surface area contributed by atoms with Crippen LogP contribution in [-0.2, 0) is 0 Å². The summed E-state index contributed by atoms with van der Waals surface area (Å²) in [4.78, 5) is 21.8. The summed E-state index contributed by atoms with van der Waals surface area (Å²) in [6, 6.07) is 6.94. The van der Waals surface area contributed by atoms with Crippen LogP contribution in [0.4, 0.5) is 10.1 Å². The van der Waals surface area contributed by atoms with Crippen molar-refractivity contribution in [1.29, 1.82) is 0 Å². The standard InChI is InChI=1S/C13H7ClFNO4/c14-8-3-1-7(2-4-8)12(17)10-5-9(15)6-11(13(10)18)16(19)20/h1-6,18H. The van der Waals surface area contributed by atoms with Gasteiger partial charge in [-0.25, -0.2) is 4.39 Å². The van der Waals surface area contributed by atoms with Crippen molar-refractivity contribution in [2.45, 2.75) is 0 Å². The normalized spacial score (nSPS) is 10.3. The van der Waals surface area contributed by atoms with Gasteiger partial charge in [0, 0.05) is 10.6 Å². The van der Waals surface area contributed by atoms with E-state index in [1.165, 1.54) is 24.3 Å². The van der Waals surface area contributed by atoms with E-state index in [0.29, 0.717) is 11.1 Å². The van der Waals surface area contributed by atoms with E-state index >= 15 is 0 Å². The Morgan fingerprint density at radius 2 is 1.85 bits per heavy atom. The Kier molecular flexibility index (Phi) is 3.67. The average molecular weight is 296 g/mol. The molecule has 0 heterocycles. The number of phenolic OH excluding ortho intramolecular Hbond substituents is 1. The SMILES string of the molecule is O=C(c1ccc(Cl)cc1)c1cc(F)cc([N+](=O)[O-])c1O. The molecule has 0 fully saturated rings. The highest BCUT2D eigenvalue weighted by Gasteiger charge is 2.24. The Morgan fingerprint density at radius 1 is 1.25 bits per heavy atom. The zero-order chi connectivity index (χ0) is 14.9. The molecule has 0 aliphatic heterocycles. The largest absolute Gasteiger partial charge is 0.502 e. The van der Waals surface area contributed by atoms with Gasteiger partial charge in [0.15, 0.2) is 5.78 Å². The molecule has 7 heteroatoms. The number of nitro benzene ring substituents is 1. The van der Waals surface area contributed by atoms with Crippen molar-refractivity contribution >= 4 is 23.1 Å². The number of aromatic hydroxyl groups is 1. The first-order valence-corrected chi connectivity index (χ1v) is 5.75. The fourth-order valence-electron chi connectivity index (χ4n) is 1.65. The summed E-state index contributed by atoms with van der Waals surface area (Å²) < 4.78 is 13.3. The van der Waals surface area contributed by atoms with E-state index in [1.54, 1.807) is 0 Å². The van der Waals surface area contributed by atoms with E-state index < -0.39 is 33.5 Å². The second-order valence-electron chi connectivity index (χ2n) is 3.91. The second kappa shape index (κ2) is 5.26. The molecule has 0 radical (unpaired) electrons. The van der Waals surface area contributed by atoms with Gasteiger partial charge in [-0.15, -0.1) is 0 Å². The van der Waals surface area contributed by atoms with E-state index in [-0.39, 0.29) is 5.56 Å². The maximum absolute atomic E-state index is 13.3. The third-order valence-corrected chi connectivity index (χ3v) is 2.85. The maximum Gasteiger partial charge on any atom is 0.314 e. The van der Waals surface area contributed by atoms with Crippen molar-refractivity contribution in [1.82, 2.24) is 0 Å². The number of ketones is 1. The molecule has 2 aromatic rings. The van der Waals surface area contributed by atoms with Crippen LogP contribution in [0.5, 0.6) is 5.75 Å². The number of hydrogen-bond donors (Lipinski definition) is 1. The molecule has 2 aromatic carbocycles. The van der Waals surface area contributed by atoms with Gasteiger partial charge < -0.3 is 5.11 Å². The van der Waals surface area contributed by atoms with E-state index in [1.807, 2.05) is 0 Å². The fraction of sp³-hybridized carbons (Fsp3) is 0. The van der Waals surface area contributed by atoms with Gasteiger partial charge in [-0.3, -0.25) is 14.9 Å². The molecule has 102 valence electrons. The van der Waals surface area contributed by atoms with Crippen molar-refractivity contribution < 1.29 is 19.2 Å². The first-order chi connectivity index (χ1) is 9.40. The Bertz CT molecular complexity index is 700. The number of nitro groups is 1. The zero-order valence-corrected chi connectivity index (χ0v) is 10.6. The van der Waals surface area contributed by atoms with Gasteiger partial charge in [0.1, 0.15) is 5.82 Å². The number of hydrogen-bond acceptors (Lipinski definition) is 4. The van der Waals surface area contributed by atoms with Crippen LogP contribution in [0, 0.1) is 15.9 Å². The van der Waals surface area contributed by atoms with E-state index in [2.05, 4.69) is 0 Å². The molecular weight excluding hydrogens is 289 g/mol.